The summed E-state index contributed by atoms with van der Waals surface area (Å²) in [6, 6.07) is 19.3. The van der Waals surface area contributed by atoms with Gasteiger partial charge >= 0.3 is 12.4 Å². The van der Waals surface area contributed by atoms with E-state index in [0.29, 0.717) is 24.8 Å². The van der Waals surface area contributed by atoms with Crippen molar-refractivity contribution in [2.45, 2.75) is 87.5 Å². The molecule has 0 unspecified atom stereocenters. The highest BCUT2D eigenvalue weighted by molar-refractivity contribution is 5.34. The molecule has 1 heterocycles. The predicted molar refractivity (Wildman–Crippen MR) is 150 cm³/mol. The van der Waals surface area contributed by atoms with E-state index < -0.39 is 23.5 Å². The van der Waals surface area contributed by atoms with Crippen molar-refractivity contribution in [3.63, 3.8) is 0 Å². The van der Waals surface area contributed by atoms with Gasteiger partial charge in [0.25, 0.3) is 0 Å². The summed E-state index contributed by atoms with van der Waals surface area (Å²) in [6.07, 6.45) is -2.41. The smallest absolute Gasteiger partial charge is 0.300 e. The summed E-state index contributed by atoms with van der Waals surface area (Å²) >= 11 is 0. The number of alkyl halides is 6. The summed E-state index contributed by atoms with van der Waals surface area (Å²) in [5, 5.41) is 0. The first kappa shape index (κ1) is 30.6. The molecule has 226 valence electrons. The number of benzene rings is 3. The fourth-order valence-electron chi connectivity index (χ4n) is 7.12. The number of aryl methyl sites for hydroxylation is 1. The molecule has 5 rings (SSSR count). The number of piperidine rings is 1. The van der Waals surface area contributed by atoms with Gasteiger partial charge in [-0.2, -0.15) is 26.3 Å². The van der Waals surface area contributed by atoms with E-state index in [1.807, 2.05) is 30.3 Å². The minimum absolute atomic E-state index is 0.0677. The van der Waals surface area contributed by atoms with Crippen LogP contribution < -0.4 is 0 Å². The van der Waals surface area contributed by atoms with Crippen LogP contribution in [0.4, 0.5) is 30.7 Å². The van der Waals surface area contributed by atoms with Crippen LogP contribution in [-0.4, -0.2) is 24.0 Å². The van der Waals surface area contributed by atoms with E-state index in [0.717, 1.165) is 63.7 Å². The van der Waals surface area contributed by atoms with Crippen LogP contribution in [0, 0.1) is 5.82 Å². The molecule has 0 radical (unpaired) electrons. The number of halogens is 7. The van der Waals surface area contributed by atoms with Gasteiger partial charge in [-0.3, -0.25) is 0 Å². The Morgan fingerprint density at radius 2 is 1.29 bits per heavy atom. The summed E-state index contributed by atoms with van der Waals surface area (Å²) in [6.45, 7) is 1.98. The zero-order chi connectivity index (χ0) is 30.0. The van der Waals surface area contributed by atoms with Crippen LogP contribution in [0.1, 0.15) is 85.1 Å². The van der Waals surface area contributed by atoms with Gasteiger partial charge in [0.05, 0.1) is 11.1 Å². The number of hydrogen-bond acceptors (Lipinski definition) is 1. The highest BCUT2D eigenvalue weighted by Gasteiger charge is 2.40. The summed E-state index contributed by atoms with van der Waals surface area (Å²) in [5.74, 6) is 0.212. The molecule has 3 aromatic rings. The molecule has 2 fully saturated rings. The molecule has 1 aliphatic heterocycles. The maximum Gasteiger partial charge on any atom is 0.416 e. The van der Waals surface area contributed by atoms with Crippen LogP contribution in [0.3, 0.4) is 0 Å². The number of rotatable bonds is 7. The quantitative estimate of drug-likeness (QED) is 0.247. The summed E-state index contributed by atoms with van der Waals surface area (Å²) < 4.78 is 93.5. The molecule has 8 heteroatoms. The summed E-state index contributed by atoms with van der Waals surface area (Å²) in [5.41, 5.74) is -0.219. The van der Waals surface area contributed by atoms with Gasteiger partial charge in [-0.25, -0.2) is 4.39 Å². The van der Waals surface area contributed by atoms with Gasteiger partial charge in [0.2, 0.25) is 0 Å². The molecular weight excluding hydrogens is 555 g/mol. The fourth-order valence-corrected chi connectivity index (χ4v) is 7.12. The Labute approximate surface area is 242 Å². The lowest BCUT2D eigenvalue weighted by atomic mass is 9.65. The molecule has 3 aromatic carbocycles. The Bertz CT molecular complexity index is 1270. The summed E-state index contributed by atoms with van der Waals surface area (Å²) in [4.78, 5) is 2.57. The molecule has 2 aliphatic rings. The van der Waals surface area contributed by atoms with Gasteiger partial charge in [-0.15, -0.1) is 0 Å². The van der Waals surface area contributed by atoms with Crippen LogP contribution in [0.5, 0.6) is 0 Å². The minimum atomic E-state index is -4.84. The molecular formula is C34H36F7N. The SMILES string of the molecule is Fc1ccc(C2CCN(C3CCC(CCCc4cc(C(F)(F)F)cc(C(F)(F)F)c4)(c4ccccc4)CC3)CC2)cc1. The van der Waals surface area contributed by atoms with Crippen molar-refractivity contribution in [3.8, 4) is 0 Å². The number of nitrogens with zero attached hydrogens (tertiary/aromatic N) is 1. The lowest BCUT2D eigenvalue weighted by molar-refractivity contribution is -0.143. The second-order valence-corrected chi connectivity index (χ2v) is 12.0. The van der Waals surface area contributed by atoms with Crippen molar-refractivity contribution in [3.05, 3.63) is 106 Å². The Morgan fingerprint density at radius 3 is 1.83 bits per heavy atom. The van der Waals surface area contributed by atoms with E-state index in [4.69, 9.17) is 0 Å². The molecule has 1 aliphatic carbocycles. The van der Waals surface area contributed by atoms with Gasteiger partial charge in [-0.05, 0) is 129 Å². The molecule has 0 N–H and O–H groups in total. The van der Waals surface area contributed by atoms with Crippen LogP contribution in [0.25, 0.3) is 0 Å². The maximum atomic E-state index is 13.4. The molecule has 0 aromatic heterocycles. The molecule has 0 bridgehead atoms. The van der Waals surface area contributed by atoms with Crippen LogP contribution >= 0.6 is 0 Å². The predicted octanol–water partition coefficient (Wildman–Crippen LogP) is 9.95. The third-order valence-corrected chi connectivity index (χ3v) is 9.45. The fraction of sp³-hybridized carbons (Fsp3) is 0.471. The Hall–Kier alpha value is -2.87. The van der Waals surface area contributed by atoms with Gasteiger partial charge < -0.3 is 4.90 Å². The van der Waals surface area contributed by atoms with Gasteiger partial charge in [0.15, 0.2) is 0 Å². The van der Waals surface area contributed by atoms with Crippen LogP contribution in [-0.2, 0) is 24.2 Å². The van der Waals surface area contributed by atoms with Crippen molar-refractivity contribution in [1.82, 2.24) is 4.90 Å². The molecule has 42 heavy (non-hydrogen) atoms. The second-order valence-electron chi connectivity index (χ2n) is 12.0. The second kappa shape index (κ2) is 12.4. The van der Waals surface area contributed by atoms with Crippen molar-refractivity contribution in [1.29, 1.82) is 0 Å². The standard InChI is InChI=1S/C34H36F7N/c35-30-10-8-25(9-11-30)26-14-19-42(20-15-26)31-12-17-32(18-13-31,27-6-2-1-3-7-27)16-4-5-24-21-28(33(36,37)38)23-29(22-24)34(39,40)41/h1-3,6-11,21-23,26,31H,4-5,12-20H2. The first-order chi connectivity index (χ1) is 19.9. The van der Waals surface area contributed by atoms with E-state index in [-0.39, 0.29) is 29.3 Å². The topological polar surface area (TPSA) is 3.24 Å². The average Bonchev–Trinajstić information content (AvgIpc) is 2.97. The third-order valence-electron chi connectivity index (χ3n) is 9.45. The number of hydrogen-bond donors (Lipinski definition) is 0. The zero-order valence-corrected chi connectivity index (χ0v) is 23.5. The molecule has 0 spiro atoms. The molecule has 1 saturated heterocycles. The van der Waals surface area contributed by atoms with E-state index in [1.54, 1.807) is 0 Å². The van der Waals surface area contributed by atoms with Crippen molar-refractivity contribution in [2.24, 2.45) is 0 Å². The highest BCUT2D eigenvalue weighted by atomic mass is 19.4. The number of likely N-dealkylation sites (tertiary alicyclic amines) is 1. The largest absolute Gasteiger partial charge is 0.416 e. The lowest BCUT2D eigenvalue weighted by Gasteiger charge is -2.46. The maximum absolute atomic E-state index is 13.4. The van der Waals surface area contributed by atoms with E-state index in [2.05, 4.69) is 17.0 Å². The Morgan fingerprint density at radius 1 is 0.714 bits per heavy atom. The van der Waals surface area contributed by atoms with Gasteiger partial charge in [0.1, 0.15) is 5.82 Å². The van der Waals surface area contributed by atoms with Crippen LogP contribution in [0.15, 0.2) is 72.8 Å². The van der Waals surface area contributed by atoms with Crippen molar-refractivity contribution >= 4 is 0 Å². The minimum Gasteiger partial charge on any atom is -0.300 e. The third kappa shape index (κ3) is 7.19. The average molecular weight is 592 g/mol. The molecule has 1 nitrogen and oxygen atoms in total. The highest BCUT2D eigenvalue weighted by Crippen LogP contribution is 2.45. The first-order valence-electron chi connectivity index (χ1n) is 14.8. The first-order valence-corrected chi connectivity index (χ1v) is 14.8. The molecule has 1 saturated carbocycles. The monoisotopic (exact) mass is 591 g/mol. The normalized spacial score (nSPS) is 22.8. The summed E-state index contributed by atoms with van der Waals surface area (Å²) in [7, 11) is 0. The molecule has 0 atom stereocenters. The van der Waals surface area contributed by atoms with Gasteiger partial charge in [-0.1, -0.05) is 42.5 Å². The van der Waals surface area contributed by atoms with E-state index >= 15 is 0 Å². The molecule has 0 amide bonds. The lowest BCUT2D eigenvalue weighted by Crippen LogP contribution is -2.45. The van der Waals surface area contributed by atoms with E-state index in [9.17, 15) is 30.7 Å². The zero-order valence-electron chi connectivity index (χ0n) is 23.5. The van der Waals surface area contributed by atoms with Crippen molar-refractivity contribution in [2.75, 3.05) is 13.1 Å². The van der Waals surface area contributed by atoms with Crippen molar-refractivity contribution < 1.29 is 30.7 Å². The Balaban J connectivity index is 1.24. The van der Waals surface area contributed by atoms with E-state index in [1.165, 1.54) is 23.3 Å². The Kier molecular flexibility index (Phi) is 9.02. The van der Waals surface area contributed by atoms with Crippen LogP contribution in [0.2, 0.25) is 0 Å². The van der Waals surface area contributed by atoms with Gasteiger partial charge in [0, 0.05) is 6.04 Å².